The van der Waals surface area contributed by atoms with E-state index in [0.717, 1.165) is 19.4 Å². The lowest BCUT2D eigenvalue weighted by atomic mass is 10.0. The number of fused-ring (bicyclic) bond motifs is 1. The van der Waals surface area contributed by atoms with E-state index in [1.54, 1.807) is 19.1 Å². The first-order valence-electron chi connectivity index (χ1n) is 6.94. The highest BCUT2D eigenvalue weighted by atomic mass is 19.4. The molecular weight excluding hydrogens is 311 g/mol. The summed E-state index contributed by atoms with van der Waals surface area (Å²) >= 11 is 0. The van der Waals surface area contributed by atoms with Crippen LogP contribution in [0.2, 0.25) is 0 Å². The summed E-state index contributed by atoms with van der Waals surface area (Å²) in [4.78, 5) is 23.0. The van der Waals surface area contributed by atoms with Gasteiger partial charge in [-0.2, -0.15) is 13.2 Å². The molecule has 0 fully saturated rings. The topological polar surface area (TPSA) is 48.3 Å². The number of alkyl halides is 3. The summed E-state index contributed by atoms with van der Waals surface area (Å²) in [5.41, 5.74) is -0.423. The van der Waals surface area contributed by atoms with Crippen molar-refractivity contribution in [1.82, 2.24) is 4.57 Å². The average molecular weight is 327 g/mol. The van der Waals surface area contributed by atoms with Gasteiger partial charge in [-0.15, -0.1) is 0 Å². The fourth-order valence-corrected chi connectivity index (χ4v) is 2.75. The van der Waals surface area contributed by atoms with Crippen molar-refractivity contribution >= 4 is 22.8 Å². The number of nitrogens with zero attached hydrogens (tertiary/aromatic N) is 1. The van der Waals surface area contributed by atoms with Gasteiger partial charge in [0.2, 0.25) is 5.91 Å². The minimum atomic E-state index is -4.76. The summed E-state index contributed by atoms with van der Waals surface area (Å²) in [6.45, 7) is 5.28. The van der Waals surface area contributed by atoms with Crippen molar-refractivity contribution in [1.29, 1.82) is 0 Å². The van der Waals surface area contributed by atoms with E-state index in [0.29, 0.717) is 4.57 Å². The number of aryl methyl sites for hydroxylation is 1. The van der Waals surface area contributed by atoms with Crippen LogP contribution in [0, 0.1) is 6.92 Å². The predicted octanol–water partition coefficient (Wildman–Crippen LogP) is 4.25. The van der Waals surface area contributed by atoms with E-state index in [9.17, 15) is 22.8 Å². The zero-order chi connectivity index (χ0) is 17.5. The second-order valence-corrected chi connectivity index (χ2v) is 5.39. The first kappa shape index (κ1) is 17.1. The van der Waals surface area contributed by atoms with Crippen LogP contribution >= 0.6 is 0 Å². The lowest BCUT2D eigenvalue weighted by Crippen LogP contribution is -2.20. The van der Waals surface area contributed by atoms with Crippen molar-refractivity contribution in [2.24, 2.45) is 0 Å². The van der Waals surface area contributed by atoms with Crippen LogP contribution in [0.15, 0.2) is 18.2 Å². The van der Waals surface area contributed by atoms with E-state index >= 15 is 0 Å². The number of hydrogen-bond donors (Lipinski definition) is 0. The Morgan fingerprint density at radius 1 is 1.22 bits per heavy atom. The molecule has 7 heteroatoms. The quantitative estimate of drug-likeness (QED) is 0.775. The summed E-state index contributed by atoms with van der Waals surface area (Å²) in [5.74, 6) is -1.45. The van der Waals surface area contributed by atoms with Gasteiger partial charge in [-0.1, -0.05) is 11.6 Å². The van der Waals surface area contributed by atoms with Gasteiger partial charge in [0.05, 0.1) is 5.52 Å². The van der Waals surface area contributed by atoms with Gasteiger partial charge in [0.1, 0.15) is 11.8 Å². The van der Waals surface area contributed by atoms with Gasteiger partial charge in [-0.25, -0.2) is 0 Å². The molecule has 0 bridgehead atoms. The molecule has 0 amide bonds. The van der Waals surface area contributed by atoms with Crippen LogP contribution in [-0.2, 0) is 15.7 Å². The van der Waals surface area contributed by atoms with Crippen LogP contribution in [-0.4, -0.2) is 16.4 Å². The highest BCUT2D eigenvalue weighted by molar-refractivity contribution is 5.96. The summed E-state index contributed by atoms with van der Waals surface area (Å²) in [7, 11) is 0. The summed E-state index contributed by atoms with van der Waals surface area (Å²) in [6.07, 6.45) is -5.89. The highest BCUT2D eigenvalue weighted by Crippen LogP contribution is 2.42. The number of benzene rings is 1. The molecule has 23 heavy (non-hydrogen) atoms. The molecule has 0 saturated heterocycles. The fraction of sp³-hybridized carbons (Fsp3) is 0.375. The molecule has 0 N–H and O–H groups in total. The summed E-state index contributed by atoms with van der Waals surface area (Å²) in [6, 6.07) is 4.65. The largest absolute Gasteiger partial charge is 0.458 e. The number of carbonyl (C=O) groups is 2. The fourth-order valence-electron chi connectivity index (χ4n) is 2.75. The molecule has 1 heterocycles. The molecule has 0 aliphatic rings. The van der Waals surface area contributed by atoms with E-state index in [4.69, 9.17) is 4.74 Å². The molecule has 0 spiro atoms. The molecular formula is C16H16F3NO3. The average Bonchev–Trinajstić information content (AvgIpc) is 2.71. The lowest BCUT2D eigenvalue weighted by Gasteiger charge is -2.17. The van der Waals surface area contributed by atoms with Gasteiger partial charge in [-0.3, -0.25) is 14.2 Å². The van der Waals surface area contributed by atoms with Gasteiger partial charge in [0, 0.05) is 24.8 Å². The Bertz CT molecular complexity index is 790. The smallest absolute Gasteiger partial charge is 0.432 e. The standard InChI is InChI=1S/C16H16F3NO3/c1-8-5-6-13-12(7-8)14(9(2)23-11(4)22)15(16(17,18)19)20(13)10(3)21/h5-7,9H,1-4H3. The van der Waals surface area contributed by atoms with Crippen LogP contribution in [0.3, 0.4) is 0 Å². The normalized spacial score (nSPS) is 13.2. The van der Waals surface area contributed by atoms with E-state index in [1.807, 2.05) is 0 Å². The minimum absolute atomic E-state index is 0.143. The number of ether oxygens (including phenoxy) is 1. The Morgan fingerprint density at radius 3 is 2.30 bits per heavy atom. The van der Waals surface area contributed by atoms with Crippen molar-refractivity contribution in [2.45, 2.75) is 40.0 Å². The molecule has 1 aromatic carbocycles. The van der Waals surface area contributed by atoms with Gasteiger partial charge in [0.25, 0.3) is 0 Å². The van der Waals surface area contributed by atoms with E-state index in [2.05, 4.69) is 0 Å². The molecule has 124 valence electrons. The first-order chi connectivity index (χ1) is 10.5. The molecule has 1 atom stereocenters. The van der Waals surface area contributed by atoms with E-state index in [-0.39, 0.29) is 16.5 Å². The molecule has 2 aromatic rings. The third kappa shape index (κ3) is 3.09. The number of esters is 1. The third-order valence-electron chi connectivity index (χ3n) is 3.49. The van der Waals surface area contributed by atoms with Crippen LogP contribution < -0.4 is 0 Å². The Labute approximate surface area is 130 Å². The van der Waals surface area contributed by atoms with Crippen LogP contribution in [0.1, 0.15) is 48.5 Å². The Morgan fingerprint density at radius 2 is 1.83 bits per heavy atom. The number of hydrogen-bond acceptors (Lipinski definition) is 3. The Kier molecular flexibility index (Phi) is 4.24. The maximum absolute atomic E-state index is 13.6. The SMILES string of the molecule is CC(=O)OC(C)c1c(C(F)(F)F)n(C(C)=O)c2ccc(C)cc12. The van der Waals surface area contributed by atoms with Crippen LogP contribution in [0.5, 0.6) is 0 Å². The van der Waals surface area contributed by atoms with Crippen LogP contribution in [0.4, 0.5) is 13.2 Å². The predicted molar refractivity (Wildman–Crippen MR) is 78.2 cm³/mol. The Balaban J connectivity index is 2.93. The molecule has 4 nitrogen and oxygen atoms in total. The third-order valence-corrected chi connectivity index (χ3v) is 3.49. The second kappa shape index (κ2) is 5.72. The maximum Gasteiger partial charge on any atom is 0.432 e. The van der Waals surface area contributed by atoms with Gasteiger partial charge >= 0.3 is 12.1 Å². The lowest BCUT2D eigenvalue weighted by molar-refractivity contribution is -0.150. The van der Waals surface area contributed by atoms with Crippen molar-refractivity contribution in [3.63, 3.8) is 0 Å². The van der Waals surface area contributed by atoms with Crippen molar-refractivity contribution in [3.8, 4) is 0 Å². The van der Waals surface area contributed by atoms with Crippen molar-refractivity contribution < 1.29 is 27.5 Å². The summed E-state index contributed by atoms with van der Waals surface area (Å²) < 4.78 is 46.4. The number of halogens is 3. The van der Waals surface area contributed by atoms with Gasteiger partial charge < -0.3 is 4.74 Å². The molecule has 0 aliphatic carbocycles. The Hall–Kier alpha value is -2.31. The molecule has 2 rings (SSSR count). The molecule has 0 aliphatic heterocycles. The monoisotopic (exact) mass is 327 g/mol. The van der Waals surface area contributed by atoms with Gasteiger partial charge in [-0.05, 0) is 26.0 Å². The second-order valence-electron chi connectivity index (χ2n) is 5.39. The summed E-state index contributed by atoms with van der Waals surface area (Å²) in [5, 5.41) is 0.251. The number of aromatic nitrogens is 1. The first-order valence-corrected chi connectivity index (χ1v) is 6.94. The molecule has 0 radical (unpaired) electrons. The highest BCUT2D eigenvalue weighted by Gasteiger charge is 2.42. The minimum Gasteiger partial charge on any atom is -0.458 e. The molecule has 1 aromatic heterocycles. The van der Waals surface area contributed by atoms with Crippen molar-refractivity contribution in [3.05, 3.63) is 35.0 Å². The zero-order valence-corrected chi connectivity index (χ0v) is 13.1. The van der Waals surface area contributed by atoms with E-state index < -0.39 is 29.9 Å². The molecule has 0 saturated carbocycles. The van der Waals surface area contributed by atoms with Gasteiger partial charge in [0.15, 0.2) is 0 Å². The van der Waals surface area contributed by atoms with E-state index in [1.165, 1.54) is 13.0 Å². The number of carbonyl (C=O) groups excluding carboxylic acids is 2. The van der Waals surface area contributed by atoms with Crippen molar-refractivity contribution in [2.75, 3.05) is 0 Å². The zero-order valence-electron chi connectivity index (χ0n) is 13.1. The molecule has 1 unspecified atom stereocenters. The number of rotatable bonds is 2. The van der Waals surface area contributed by atoms with Crippen LogP contribution in [0.25, 0.3) is 10.9 Å². The maximum atomic E-state index is 13.6.